The number of carboxylic acid groups (broad SMARTS) is 1. The Bertz CT molecular complexity index is 509. The Hall–Kier alpha value is -1.60. The molecule has 1 aromatic rings. The number of amides is 2. The van der Waals surface area contributed by atoms with Gasteiger partial charge < -0.3 is 20.5 Å². The second-order valence-corrected chi connectivity index (χ2v) is 6.62. The second kappa shape index (κ2) is 6.91. The fourth-order valence-corrected chi connectivity index (χ4v) is 3.12. The van der Waals surface area contributed by atoms with E-state index in [9.17, 15) is 14.7 Å². The number of urea groups is 1. The van der Waals surface area contributed by atoms with E-state index in [1.54, 1.807) is 11.3 Å². The first-order chi connectivity index (χ1) is 10.0. The average molecular weight is 312 g/mol. The van der Waals surface area contributed by atoms with Gasteiger partial charge in [0, 0.05) is 29.5 Å². The normalized spacial score (nSPS) is 17.2. The van der Waals surface area contributed by atoms with Gasteiger partial charge in [0.2, 0.25) is 0 Å². The second-order valence-electron chi connectivity index (χ2n) is 5.25. The highest BCUT2D eigenvalue weighted by molar-refractivity contribution is 7.11. The van der Waals surface area contributed by atoms with Crippen molar-refractivity contribution in [1.82, 2.24) is 10.6 Å². The lowest BCUT2D eigenvalue weighted by Crippen LogP contribution is -2.48. The van der Waals surface area contributed by atoms with E-state index in [1.165, 1.54) is 4.88 Å². The highest BCUT2D eigenvalue weighted by atomic mass is 32.1. The van der Waals surface area contributed by atoms with Crippen LogP contribution in [0.25, 0.3) is 0 Å². The molecule has 0 bridgehead atoms. The maximum atomic E-state index is 11.8. The minimum Gasteiger partial charge on any atom is -0.481 e. The summed E-state index contributed by atoms with van der Waals surface area (Å²) in [6, 6.07) is 3.63. The van der Waals surface area contributed by atoms with Gasteiger partial charge in [-0.15, -0.1) is 11.3 Å². The molecule has 0 aliphatic carbocycles. The number of nitrogens with one attached hydrogen (secondary N) is 2. The summed E-state index contributed by atoms with van der Waals surface area (Å²) in [5, 5.41) is 14.8. The third-order valence-corrected chi connectivity index (χ3v) is 4.71. The van der Waals surface area contributed by atoms with Gasteiger partial charge in [0.25, 0.3) is 0 Å². The number of ether oxygens (including phenoxy) is 1. The highest BCUT2D eigenvalue weighted by Crippen LogP contribution is 2.30. The van der Waals surface area contributed by atoms with Crippen LogP contribution in [0.5, 0.6) is 0 Å². The van der Waals surface area contributed by atoms with Crippen LogP contribution in [0.4, 0.5) is 4.79 Å². The van der Waals surface area contributed by atoms with Crippen molar-refractivity contribution in [3.05, 3.63) is 21.9 Å². The molecule has 116 valence electrons. The largest absolute Gasteiger partial charge is 0.481 e. The summed E-state index contributed by atoms with van der Waals surface area (Å²) >= 11 is 1.63. The first-order valence-corrected chi connectivity index (χ1v) is 7.72. The van der Waals surface area contributed by atoms with Crippen LogP contribution >= 0.6 is 11.3 Å². The minimum atomic E-state index is -0.908. The van der Waals surface area contributed by atoms with Gasteiger partial charge in [-0.25, -0.2) is 4.79 Å². The van der Waals surface area contributed by atoms with Crippen LogP contribution in [-0.4, -0.2) is 36.9 Å². The Morgan fingerprint density at radius 2 is 2.05 bits per heavy atom. The van der Waals surface area contributed by atoms with E-state index in [4.69, 9.17) is 4.74 Å². The van der Waals surface area contributed by atoms with E-state index >= 15 is 0 Å². The lowest BCUT2D eigenvalue weighted by molar-refractivity contribution is -0.154. The third kappa shape index (κ3) is 4.18. The summed E-state index contributed by atoms with van der Waals surface area (Å²) < 4.78 is 5.20. The number of hydrogen-bond acceptors (Lipinski definition) is 4. The Labute approximate surface area is 127 Å². The third-order valence-electron chi connectivity index (χ3n) is 3.71. The number of aryl methyl sites for hydroxylation is 1. The Kier molecular flexibility index (Phi) is 5.19. The van der Waals surface area contributed by atoms with E-state index < -0.39 is 11.4 Å². The molecule has 6 nitrogen and oxygen atoms in total. The molecule has 7 heteroatoms. The Morgan fingerprint density at radius 1 is 1.33 bits per heavy atom. The van der Waals surface area contributed by atoms with Gasteiger partial charge >= 0.3 is 12.0 Å². The quantitative estimate of drug-likeness (QED) is 0.773. The number of carboxylic acids is 1. The molecule has 1 aromatic heterocycles. The molecule has 0 atom stereocenters. The van der Waals surface area contributed by atoms with Crippen LogP contribution in [0.2, 0.25) is 0 Å². The number of carbonyl (C=O) groups excluding carboxylic acids is 1. The molecule has 0 unspecified atom stereocenters. The van der Waals surface area contributed by atoms with Crippen LogP contribution in [0, 0.1) is 12.3 Å². The fourth-order valence-electron chi connectivity index (χ4n) is 2.29. The SMILES string of the molecule is Cc1ccc(CNC(=O)NCC2(C(=O)O)CCOCC2)s1. The molecule has 1 aliphatic rings. The van der Waals surface area contributed by atoms with Crippen molar-refractivity contribution in [3.8, 4) is 0 Å². The number of hydrogen-bond donors (Lipinski definition) is 3. The van der Waals surface area contributed by atoms with Gasteiger partial charge in [0.1, 0.15) is 0 Å². The minimum absolute atomic E-state index is 0.126. The number of thiophene rings is 1. The van der Waals surface area contributed by atoms with Gasteiger partial charge in [-0.1, -0.05) is 0 Å². The smallest absolute Gasteiger partial charge is 0.315 e. The molecular weight excluding hydrogens is 292 g/mol. The van der Waals surface area contributed by atoms with Crippen molar-refractivity contribution in [2.24, 2.45) is 5.41 Å². The molecule has 2 rings (SSSR count). The van der Waals surface area contributed by atoms with Gasteiger partial charge in [-0.3, -0.25) is 4.79 Å². The van der Waals surface area contributed by atoms with E-state index in [1.807, 2.05) is 19.1 Å². The number of rotatable bonds is 5. The molecule has 1 fully saturated rings. The molecule has 0 aromatic carbocycles. The Morgan fingerprint density at radius 3 is 2.62 bits per heavy atom. The fraction of sp³-hybridized carbons (Fsp3) is 0.571. The summed E-state index contributed by atoms with van der Waals surface area (Å²) in [5.41, 5.74) is -0.908. The van der Waals surface area contributed by atoms with Gasteiger partial charge in [0.15, 0.2) is 0 Å². The van der Waals surface area contributed by atoms with Crippen molar-refractivity contribution >= 4 is 23.3 Å². The van der Waals surface area contributed by atoms with Crippen molar-refractivity contribution in [2.45, 2.75) is 26.3 Å². The highest BCUT2D eigenvalue weighted by Gasteiger charge is 2.40. The van der Waals surface area contributed by atoms with E-state index in [0.29, 0.717) is 32.6 Å². The van der Waals surface area contributed by atoms with Crippen molar-refractivity contribution < 1.29 is 19.4 Å². The van der Waals surface area contributed by atoms with E-state index in [0.717, 1.165) is 4.88 Å². The molecular formula is C14H20N2O4S. The first kappa shape index (κ1) is 15.8. The topological polar surface area (TPSA) is 87.7 Å². The maximum absolute atomic E-state index is 11.8. The van der Waals surface area contributed by atoms with Gasteiger partial charge in [0.05, 0.1) is 12.0 Å². The zero-order valence-electron chi connectivity index (χ0n) is 12.0. The number of aliphatic carboxylic acids is 1. The summed E-state index contributed by atoms with van der Waals surface area (Å²) in [6.07, 6.45) is 0.847. The number of carbonyl (C=O) groups is 2. The first-order valence-electron chi connectivity index (χ1n) is 6.90. The summed E-state index contributed by atoms with van der Waals surface area (Å²) in [4.78, 5) is 25.5. The monoisotopic (exact) mass is 312 g/mol. The average Bonchev–Trinajstić information content (AvgIpc) is 2.89. The Balaban J connectivity index is 1.80. The van der Waals surface area contributed by atoms with E-state index in [2.05, 4.69) is 10.6 Å². The molecule has 21 heavy (non-hydrogen) atoms. The molecule has 0 saturated carbocycles. The molecule has 3 N–H and O–H groups in total. The molecule has 0 radical (unpaired) electrons. The van der Waals surface area contributed by atoms with Crippen LogP contribution < -0.4 is 10.6 Å². The lowest BCUT2D eigenvalue weighted by Gasteiger charge is -2.33. The summed E-state index contributed by atoms with van der Waals surface area (Å²) in [7, 11) is 0. The molecule has 0 spiro atoms. The lowest BCUT2D eigenvalue weighted by atomic mass is 9.80. The molecule has 2 amide bonds. The predicted octanol–water partition coefficient (Wildman–Crippen LogP) is 1.74. The molecule has 1 saturated heterocycles. The van der Waals surface area contributed by atoms with Crippen LogP contribution in [0.1, 0.15) is 22.6 Å². The van der Waals surface area contributed by atoms with Gasteiger partial charge in [-0.05, 0) is 31.9 Å². The van der Waals surface area contributed by atoms with Crippen LogP contribution in [0.15, 0.2) is 12.1 Å². The zero-order chi connectivity index (χ0) is 15.3. The standard InChI is InChI=1S/C14H20N2O4S/c1-10-2-3-11(21-10)8-15-13(19)16-9-14(12(17)18)4-6-20-7-5-14/h2-3H,4-9H2,1H3,(H,17,18)(H2,15,16,19). The molecule has 1 aliphatic heterocycles. The van der Waals surface area contributed by atoms with Crippen LogP contribution in [0.3, 0.4) is 0 Å². The molecule has 2 heterocycles. The predicted molar refractivity (Wildman–Crippen MR) is 79.4 cm³/mol. The van der Waals surface area contributed by atoms with Crippen molar-refractivity contribution in [3.63, 3.8) is 0 Å². The zero-order valence-corrected chi connectivity index (χ0v) is 12.8. The van der Waals surface area contributed by atoms with Crippen LogP contribution in [-0.2, 0) is 16.1 Å². The van der Waals surface area contributed by atoms with Crippen molar-refractivity contribution in [1.29, 1.82) is 0 Å². The summed E-state index contributed by atoms with van der Waals surface area (Å²) in [5.74, 6) is -0.875. The maximum Gasteiger partial charge on any atom is 0.315 e. The summed E-state index contributed by atoms with van der Waals surface area (Å²) in [6.45, 7) is 3.43. The van der Waals surface area contributed by atoms with E-state index in [-0.39, 0.29) is 12.6 Å². The van der Waals surface area contributed by atoms with Gasteiger partial charge in [-0.2, -0.15) is 0 Å². The van der Waals surface area contributed by atoms with Crippen molar-refractivity contribution in [2.75, 3.05) is 19.8 Å².